The van der Waals surface area contributed by atoms with Crippen molar-refractivity contribution in [2.45, 2.75) is 50.8 Å². The standard InChI is InChI=1S/C24H34Cl2N4O4/c25-19-2-1-17(13-20(19)26)14-27-23(34)29-9-4-22(33)30(12-11-29)18(16-31)3-8-28-10-7-24(5-6-24)21(32)15-28/h1-2,13,18,21,31-32H,3-12,14-16H2,(H,27,34)/t18-,21+/m0/s1. The fourth-order valence-electron chi connectivity index (χ4n) is 5.07. The van der Waals surface area contributed by atoms with E-state index in [9.17, 15) is 19.8 Å². The maximum absolute atomic E-state index is 12.8. The summed E-state index contributed by atoms with van der Waals surface area (Å²) in [5, 5.41) is 24.2. The Hall–Kier alpha value is -1.58. The molecule has 3 N–H and O–H groups in total. The summed E-state index contributed by atoms with van der Waals surface area (Å²) in [6.07, 6.45) is 3.87. The van der Waals surface area contributed by atoms with Crippen molar-refractivity contribution >= 4 is 35.1 Å². The Balaban J connectivity index is 1.25. The van der Waals surface area contributed by atoms with E-state index >= 15 is 0 Å². The zero-order valence-electron chi connectivity index (χ0n) is 19.4. The van der Waals surface area contributed by atoms with Crippen LogP contribution in [-0.2, 0) is 11.3 Å². The molecule has 2 saturated heterocycles. The van der Waals surface area contributed by atoms with E-state index in [0.717, 1.165) is 37.9 Å². The van der Waals surface area contributed by atoms with E-state index in [2.05, 4.69) is 10.2 Å². The molecule has 0 bridgehead atoms. The fourth-order valence-corrected chi connectivity index (χ4v) is 5.39. The van der Waals surface area contributed by atoms with Crippen molar-refractivity contribution in [2.75, 3.05) is 45.9 Å². The molecule has 2 heterocycles. The highest BCUT2D eigenvalue weighted by Gasteiger charge is 2.51. The predicted molar refractivity (Wildman–Crippen MR) is 131 cm³/mol. The quantitative estimate of drug-likeness (QED) is 0.520. The highest BCUT2D eigenvalue weighted by molar-refractivity contribution is 6.42. The van der Waals surface area contributed by atoms with Gasteiger partial charge in [-0.05, 0) is 55.3 Å². The van der Waals surface area contributed by atoms with E-state index in [1.54, 1.807) is 28.0 Å². The fraction of sp³-hybridized carbons (Fsp3) is 0.667. The van der Waals surface area contributed by atoms with Gasteiger partial charge in [0, 0.05) is 45.7 Å². The third-order valence-electron chi connectivity index (χ3n) is 7.63. The number of nitrogens with zero attached hydrogens (tertiary/aromatic N) is 3. The van der Waals surface area contributed by atoms with Crippen LogP contribution >= 0.6 is 23.2 Å². The van der Waals surface area contributed by atoms with Crippen LogP contribution < -0.4 is 5.32 Å². The highest BCUT2D eigenvalue weighted by atomic mass is 35.5. The Morgan fingerprint density at radius 3 is 2.62 bits per heavy atom. The van der Waals surface area contributed by atoms with Gasteiger partial charge in [0.15, 0.2) is 0 Å². The Morgan fingerprint density at radius 2 is 1.94 bits per heavy atom. The topological polar surface area (TPSA) is 96.4 Å². The number of benzene rings is 1. The van der Waals surface area contributed by atoms with Gasteiger partial charge in [0.05, 0.1) is 28.8 Å². The molecular formula is C24H34Cl2N4O4. The second-order valence-corrected chi connectivity index (χ2v) is 10.6. The predicted octanol–water partition coefficient (Wildman–Crippen LogP) is 2.34. The normalized spacial score (nSPS) is 23.6. The van der Waals surface area contributed by atoms with Crippen molar-refractivity contribution in [1.29, 1.82) is 0 Å². The number of amides is 3. The lowest BCUT2D eigenvalue weighted by atomic mass is 9.90. The summed E-state index contributed by atoms with van der Waals surface area (Å²) in [4.78, 5) is 31.1. The molecule has 0 aromatic heterocycles. The number of carbonyl (C=O) groups is 2. The number of likely N-dealkylation sites (tertiary alicyclic amines) is 1. The van der Waals surface area contributed by atoms with Crippen LogP contribution in [0.2, 0.25) is 10.0 Å². The molecule has 3 amide bonds. The van der Waals surface area contributed by atoms with Crippen LogP contribution in [0.5, 0.6) is 0 Å². The smallest absolute Gasteiger partial charge is 0.317 e. The van der Waals surface area contributed by atoms with Crippen LogP contribution in [0.15, 0.2) is 18.2 Å². The number of nitrogens with one attached hydrogen (secondary N) is 1. The van der Waals surface area contributed by atoms with Gasteiger partial charge in [-0.25, -0.2) is 4.79 Å². The molecule has 3 fully saturated rings. The first-order valence-corrected chi connectivity index (χ1v) is 12.8. The van der Waals surface area contributed by atoms with Crippen molar-refractivity contribution in [3.8, 4) is 0 Å². The molecule has 2 atom stereocenters. The minimum absolute atomic E-state index is 0.0468. The van der Waals surface area contributed by atoms with Gasteiger partial charge in [-0.2, -0.15) is 0 Å². The zero-order chi connectivity index (χ0) is 24.3. The summed E-state index contributed by atoms with van der Waals surface area (Å²) in [5.74, 6) is -0.0468. The number of piperidine rings is 1. The van der Waals surface area contributed by atoms with Gasteiger partial charge >= 0.3 is 6.03 Å². The summed E-state index contributed by atoms with van der Waals surface area (Å²) < 4.78 is 0. The van der Waals surface area contributed by atoms with Crippen molar-refractivity contribution in [3.05, 3.63) is 33.8 Å². The lowest BCUT2D eigenvalue weighted by Crippen LogP contribution is -2.49. The number of aliphatic hydroxyl groups is 2. The van der Waals surface area contributed by atoms with Crippen LogP contribution in [0.3, 0.4) is 0 Å². The first-order valence-electron chi connectivity index (χ1n) is 12.1. The van der Waals surface area contributed by atoms with E-state index in [1.165, 1.54) is 0 Å². The number of urea groups is 1. The molecule has 188 valence electrons. The lowest BCUT2D eigenvalue weighted by Gasteiger charge is -2.38. The molecule has 0 radical (unpaired) electrons. The summed E-state index contributed by atoms with van der Waals surface area (Å²) in [7, 11) is 0. The number of hydrogen-bond acceptors (Lipinski definition) is 5. The van der Waals surface area contributed by atoms with Crippen LogP contribution in [0, 0.1) is 5.41 Å². The monoisotopic (exact) mass is 512 g/mol. The number of aliphatic hydroxyl groups excluding tert-OH is 2. The molecule has 1 aromatic carbocycles. The average molecular weight is 513 g/mol. The first kappa shape index (κ1) is 25.5. The first-order chi connectivity index (χ1) is 16.3. The second kappa shape index (κ2) is 11.0. The molecule has 1 aromatic rings. The van der Waals surface area contributed by atoms with Crippen LogP contribution in [0.1, 0.15) is 37.7 Å². The maximum atomic E-state index is 12.8. The zero-order valence-corrected chi connectivity index (χ0v) is 20.9. The number of β-amino-alcohol motifs (C(OH)–C–C–N with tert-alkyl or cyclic N) is 1. The van der Waals surface area contributed by atoms with Gasteiger partial charge in [0.2, 0.25) is 5.91 Å². The van der Waals surface area contributed by atoms with Gasteiger partial charge in [0.25, 0.3) is 0 Å². The molecule has 4 rings (SSSR count). The van der Waals surface area contributed by atoms with Gasteiger partial charge in [0.1, 0.15) is 0 Å². The van der Waals surface area contributed by atoms with Crippen molar-refractivity contribution in [2.24, 2.45) is 5.41 Å². The Kier molecular flexibility index (Phi) is 8.25. The lowest BCUT2D eigenvalue weighted by molar-refractivity contribution is -0.133. The molecule has 2 aliphatic heterocycles. The molecule has 1 saturated carbocycles. The highest BCUT2D eigenvalue weighted by Crippen LogP contribution is 2.53. The molecule has 1 aliphatic carbocycles. The van der Waals surface area contributed by atoms with E-state index in [0.29, 0.717) is 49.2 Å². The van der Waals surface area contributed by atoms with Crippen molar-refractivity contribution in [3.63, 3.8) is 0 Å². The summed E-state index contributed by atoms with van der Waals surface area (Å²) in [6, 6.07) is 4.69. The number of halogens is 2. The summed E-state index contributed by atoms with van der Waals surface area (Å²) in [5.41, 5.74) is 1.00. The van der Waals surface area contributed by atoms with Crippen LogP contribution in [-0.4, -0.2) is 94.9 Å². The van der Waals surface area contributed by atoms with Gasteiger partial charge < -0.3 is 30.2 Å². The molecular weight excluding hydrogens is 479 g/mol. The van der Waals surface area contributed by atoms with Gasteiger partial charge in [-0.3, -0.25) is 4.79 Å². The molecule has 10 heteroatoms. The minimum Gasteiger partial charge on any atom is -0.394 e. The van der Waals surface area contributed by atoms with E-state index in [1.807, 2.05) is 0 Å². The SMILES string of the molecule is O=C(NCc1ccc(Cl)c(Cl)c1)N1CCC(=O)N([C@H](CO)CCN2CCC3(CC3)[C@H](O)C2)CC1. The molecule has 8 nitrogen and oxygen atoms in total. The summed E-state index contributed by atoms with van der Waals surface area (Å²) >= 11 is 12.0. The van der Waals surface area contributed by atoms with Crippen LogP contribution in [0.4, 0.5) is 4.79 Å². The van der Waals surface area contributed by atoms with E-state index in [-0.39, 0.29) is 42.5 Å². The maximum Gasteiger partial charge on any atom is 0.317 e. The second-order valence-electron chi connectivity index (χ2n) is 9.79. The van der Waals surface area contributed by atoms with Gasteiger partial charge in [-0.15, -0.1) is 0 Å². The average Bonchev–Trinajstić information content (AvgIpc) is 3.63. The van der Waals surface area contributed by atoms with Gasteiger partial charge in [-0.1, -0.05) is 29.3 Å². The number of hydrogen-bond donors (Lipinski definition) is 3. The number of carbonyl (C=O) groups excluding carboxylic acids is 2. The van der Waals surface area contributed by atoms with Crippen molar-refractivity contribution < 1.29 is 19.8 Å². The third kappa shape index (κ3) is 5.97. The summed E-state index contributed by atoms with van der Waals surface area (Å²) in [6.45, 7) is 3.67. The van der Waals surface area contributed by atoms with E-state index < -0.39 is 0 Å². The van der Waals surface area contributed by atoms with Crippen molar-refractivity contribution in [1.82, 2.24) is 20.0 Å². The number of rotatable bonds is 7. The Morgan fingerprint density at radius 1 is 1.15 bits per heavy atom. The largest absolute Gasteiger partial charge is 0.394 e. The Bertz CT molecular complexity index is 898. The van der Waals surface area contributed by atoms with Crippen LogP contribution in [0.25, 0.3) is 0 Å². The minimum atomic E-state index is -0.291. The molecule has 3 aliphatic rings. The third-order valence-corrected chi connectivity index (χ3v) is 8.37. The molecule has 1 spiro atoms. The van der Waals surface area contributed by atoms with E-state index in [4.69, 9.17) is 23.2 Å². The molecule has 34 heavy (non-hydrogen) atoms. The molecule has 0 unspecified atom stereocenters. The Labute approximate surface area is 210 Å².